The second kappa shape index (κ2) is 8.37. The summed E-state index contributed by atoms with van der Waals surface area (Å²) in [5.41, 5.74) is 5.30. The van der Waals surface area contributed by atoms with Gasteiger partial charge in [-0.15, -0.1) is 6.58 Å². The Labute approximate surface area is 184 Å². The molecule has 2 aromatic rings. The van der Waals surface area contributed by atoms with E-state index in [9.17, 15) is 4.79 Å². The highest BCUT2D eigenvalue weighted by molar-refractivity contribution is 7.99. The van der Waals surface area contributed by atoms with E-state index >= 15 is 0 Å². The molecule has 30 heavy (non-hydrogen) atoms. The third kappa shape index (κ3) is 3.47. The SMILES string of the molecule is C=CCSc1nc2c(n(CC3CCCC3)c1=O)CC1(CCCCC1)c1ccccc1-2. The van der Waals surface area contributed by atoms with E-state index in [4.69, 9.17) is 4.98 Å². The van der Waals surface area contributed by atoms with E-state index in [-0.39, 0.29) is 11.0 Å². The van der Waals surface area contributed by atoms with E-state index in [1.165, 1.54) is 86.4 Å². The number of hydrogen-bond donors (Lipinski definition) is 0. The van der Waals surface area contributed by atoms with Crippen molar-refractivity contribution in [1.82, 2.24) is 9.55 Å². The number of benzene rings is 1. The van der Waals surface area contributed by atoms with Crippen LogP contribution in [-0.2, 0) is 18.4 Å². The first kappa shape index (κ1) is 20.1. The van der Waals surface area contributed by atoms with Gasteiger partial charge in [-0.1, -0.05) is 74.2 Å². The second-order valence-corrected chi connectivity index (χ2v) is 10.5. The van der Waals surface area contributed by atoms with Gasteiger partial charge < -0.3 is 4.57 Å². The number of aromatic nitrogens is 2. The molecule has 1 aromatic carbocycles. The summed E-state index contributed by atoms with van der Waals surface area (Å²) < 4.78 is 2.15. The van der Waals surface area contributed by atoms with E-state index in [1.807, 2.05) is 6.08 Å². The fourth-order valence-corrected chi connectivity index (χ4v) is 6.76. The Hall–Kier alpha value is -1.81. The van der Waals surface area contributed by atoms with Gasteiger partial charge in [0.1, 0.15) is 0 Å². The molecule has 0 radical (unpaired) electrons. The molecule has 0 aliphatic heterocycles. The summed E-state index contributed by atoms with van der Waals surface area (Å²) in [6.07, 6.45) is 14.3. The van der Waals surface area contributed by atoms with E-state index in [1.54, 1.807) is 0 Å². The van der Waals surface area contributed by atoms with Crippen molar-refractivity contribution >= 4 is 11.8 Å². The Kier molecular flexibility index (Phi) is 5.61. The first-order valence-corrected chi connectivity index (χ1v) is 12.7. The van der Waals surface area contributed by atoms with Crippen LogP contribution in [0.15, 0.2) is 46.7 Å². The van der Waals surface area contributed by atoms with Crippen LogP contribution in [0.2, 0.25) is 0 Å². The lowest BCUT2D eigenvalue weighted by Gasteiger charge is -2.43. The summed E-state index contributed by atoms with van der Waals surface area (Å²) in [5.74, 6) is 1.35. The van der Waals surface area contributed by atoms with Gasteiger partial charge in [0.2, 0.25) is 0 Å². The Bertz CT molecular complexity index is 997. The summed E-state index contributed by atoms with van der Waals surface area (Å²) in [5, 5.41) is 0.640. The van der Waals surface area contributed by atoms with Gasteiger partial charge in [0, 0.05) is 29.0 Å². The van der Waals surface area contributed by atoms with Crippen LogP contribution in [0.4, 0.5) is 0 Å². The molecule has 5 rings (SSSR count). The largest absolute Gasteiger partial charge is 0.308 e. The van der Waals surface area contributed by atoms with E-state index < -0.39 is 0 Å². The summed E-state index contributed by atoms with van der Waals surface area (Å²) in [4.78, 5) is 18.5. The highest BCUT2D eigenvalue weighted by Gasteiger charge is 2.41. The molecule has 2 saturated carbocycles. The van der Waals surface area contributed by atoms with Crippen molar-refractivity contribution in [2.45, 2.75) is 81.2 Å². The fraction of sp³-hybridized carbons (Fsp3) is 0.538. The molecule has 0 atom stereocenters. The van der Waals surface area contributed by atoms with E-state index in [0.717, 1.165) is 24.4 Å². The highest BCUT2D eigenvalue weighted by atomic mass is 32.2. The molecule has 4 heteroatoms. The standard InChI is InChI=1S/C26H32N2OS/c1-2-16-30-24-25(29)28(18-19-10-4-5-11-19)22-17-26(14-8-3-9-15-26)21-13-7-6-12-20(21)23(22)27-24/h2,6-7,12-13,19H,1,3-5,8-11,14-18H2. The first-order valence-electron chi connectivity index (χ1n) is 11.7. The molecule has 3 aliphatic carbocycles. The lowest BCUT2D eigenvalue weighted by atomic mass is 9.62. The molecule has 2 fully saturated rings. The van der Waals surface area contributed by atoms with Crippen LogP contribution in [-0.4, -0.2) is 15.3 Å². The maximum absolute atomic E-state index is 13.6. The van der Waals surface area contributed by atoms with Crippen LogP contribution >= 0.6 is 11.8 Å². The highest BCUT2D eigenvalue weighted by Crippen LogP contribution is 2.50. The zero-order chi connectivity index (χ0) is 20.6. The van der Waals surface area contributed by atoms with Crippen molar-refractivity contribution in [3.8, 4) is 11.3 Å². The fourth-order valence-electron chi connectivity index (χ4n) is 6.09. The normalized spacial score (nSPS) is 20.1. The third-order valence-corrected chi connectivity index (χ3v) is 8.51. The van der Waals surface area contributed by atoms with Crippen LogP contribution in [0.5, 0.6) is 0 Å². The number of rotatable bonds is 5. The first-order chi connectivity index (χ1) is 14.7. The molecule has 158 valence electrons. The maximum Gasteiger partial charge on any atom is 0.283 e. The lowest BCUT2D eigenvalue weighted by Crippen LogP contribution is -2.40. The average molecular weight is 421 g/mol. The predicted molar refractivity (Wildman–Crippen MR) is 125 cm³/mol. The molecule has 0 saturated heterocycles. The van der Waals surface area contributed by atoms with Gasteiger partial charge in [-0.3, -0.25) is 4.79 Å². The molecule has 0 bridgehead atoms. The molecular weight excluding hydrogens is 388 g/mol. The molecule has 3 nitrogen and oxygen atoms in total. The van der Waals surface area contributed by atoms with Crippen molar-refractivity contribution < 1.29 is 0 Å². The Balaban J connectivity index is 1.69. The van der Waals surface area contributed by atoms with Gasteiger partial charge in [0.15, 0.2) is 5.03 Å². The number of nitrogens with zero attached hydrogens (tertiary/aromatic N) is 2. The smallest absolute Gasteiger partial charge is 0.283 e. The van der Waals surface area contributed by atoms with Gasteiger partial charge in [0.05, 0.1) is 5.69 Å². The Morgan fingerprint density at radius 1 is 1.13 bits per heavy atom. The topological polar surface area (TPSA) is 34.9 Å². The minimum atomic E-state index is 0.123. The average Bonchev–Trinajstić information content (AvgIpc) is 3.29. The van der Waals surface area contributed by atoms with Crippen LogP contribution in [0.25, 0.3) is 11.3 Å². The Morgan fingerprint density at radius 3 is 2.67 bits per heavy atom. The second-order valence-electron chi connectivity index (χ2n) is 9.44. The van der Waals surface area contributed by atoms with Crippen LogP contribution in [0.3, 0.4) is 0 Å². The van der Waals surface area contributed by atoms with E-state index in [2.05, 4.69) is 35.4 Å². The van der Waals surface area contributed by atoms with Gasteiger partial charge in [-0.25, -0.2) is 4.98 Å². The van der Waals surface area contributed by atoms with Crippen LogP contribution < -0.4 is 5.56 Å². The summed E-state index contributed by atoms with van der Waals surface area (Å²) in [7, 11) is 0. The molecule has 0 amide bonds. The molecule has 0 unspecified atom stereocenters. The lowest BCUT2D eigenvalue weighted by molar-refractivity contribution is 0.278. The monoisotopic (exact) mass is 420 g/mol. The third-order valence-electron chi connectivity index (χ3n) is 7.56. The van der Waals surface area contributed by atoms with Crippen LogP contribution in [0.1, 0.15) is 69.0 Å². The molecule has 0 N–H and O–H groups in total. The number of thioether (sulfide) groups is 1. The molecule has 1 heterocycles. The molecule has 3 aliphatic rings. The quantitative estimate of drug-likeness (QED) is 0.431. The zero-order valence-corrected chi connectivity index (χ0v) is 18.7. The molecular formula is C26H32N2OS. The number of fused-ring (bicyclic) bond motifs is 4. The Morgan fingerprint density at radius 2 is 1.90 bits per heavy atom. The molecule has 1 spiro atoms. The molecule has 1 aromatic heterocycles. The minimum absolute atomic E-state index is 0.123. The van der Waals surface area contributed by atoms with Crippen molar-refractivity contribution in [3.63, 3.8) is 0 Å². The van der Waals surface area contributed by atoms with Crippen LogP contribution in [0, 0.1) is 5.92 Å². The maximum atomic E-state index is 13.6. The van der Waals surface area contributed by atoms with Crippen molar-refractivity contribution in [1.29, 1.82) is 0 Å². The van der Waals surface area contributed by atoms with E-state index in [0.29, 0.717) is 10.9 Å². The van der Waals surface area contributed by atoms with Gasteiger partial charge in [-0.2, -0.15) is 0 Å². The van der Waals surface area contributed by atoms with Crippen molar-refractivity contribution in [2.75, 3.05) is 5.75 Å². The van der Waals surface area contributed by atoms with Crippen molar-refractivity contribution in [2.24, 2.45) is 5.92 Å². The zero-order valence-electron chi connectivity index (χ0n) is 17.9. The van der Waals surface area contributed by atoms with Gasteiger partial charge >= 0.3 is 0 Å². The minimum Gasteiger partial charge on any atom is -0.308 e. The summed E-state index contributed by atoms with van der Waals surface area (Å²) in [6.45, 7) is 4.70. The summed E-state index contributed by atoms with van der Waals surface area (Å²) >= 11 is 1.53. The number of hydrogen-bond acceptors (Lipinski definition) is 3. The van der Waals surface area contributed by atoms with Gasteiger partial charge in [-0.05, 0) is 43.6 Å². The predicted octanol–water partition coefficient (Wildman–Crippen LogP) is 6.14. The van der Waals surface area contributed by atoms with Crippen molar-refractivity contribution in [3.05, 3.63) is 58.5 Å². The summed E-state index contributed by atoms with van der Waals surface area (Å²) in [6, 6.07) is 8.88. The van der Waals surface area contributed by atoms with Gasteiger partial charge in [0.25, 0.3) is 5.56 Å².